The molecular weight excluding hydrogens is 503 g/mol. The largest absolute Gasteiger partial charge is 0.447 e. The van der Waals surface area contributed by atoms with Crippen LogP contribution in [0.1, 0.15) is 30.9 Å². The molecular formula is C29H39FN2O5Si. The lowest BCUT2D eigenvalue weighted by molar-refractivity contribution is -0.135. The number of carbonyl (C=O) groups excluding carboxylic acids is 2. The van der Waals surface area contributed by atoms with E-state index in [1.807, 2.05) is 61.5 Å². The third kappa shape index (κ3) is 6.81. The van der Waals surface area contributed by atoms with Gasteiger partial charge >= 0.3 is 6.09 Å². The highest BCUT2D eigenvalue weighted by Crippen LogP contribution is 2.47. The third-order valence-corrected chi connectivity index (χ3v) is 10.2. The number of ether oxygens (including phenoxy) is 2. The van der Waals surface area contributed by atoms with Crippen LogP contribution in [0.25, 0.3) is 0 Å². The van der Waals surface area contributed by atoms with E-state index in [9.17, 15) is 14.7 Å². The summed E-state index contributed by atoms with van der Waals surface area (Å²) in [5.41, 5.74) is 2.57. The molecule has 0 radical (unpaired) electrons. The number of aliphatic hydroxyl groups excluding tert-OH is 1. The highest BCUT2D eigenvalue weighted by atomic mass is 28.4. The topological polar surface area (TPSA) is 79.3 Å². The molecule has 38 heavy (non-hydrogen) atoms. The second-order valence-corrected chi connectivity index (χ2v) is 14.7. The van der Waals surface area contributed by atoms with Crippen molar-refractivity contribution in [2.45, 2.75) is 63.6 Å². The quantitative estimate of drug-likeness (QED) is 0.322. The van der Waals surface area contributed by atoms with E-state index in [-0.39, 0.29) is 49.1 Å². The molecule has 0 bridgehead atoms. The molecule has 0 saturated carbocycles. The zero-order chi connectivity index (χ0) is 27.3. The van der Waals surface area contributed by atoms with Gasteiger partial charge in [0.2, 0.25) is 14.3 Å². The number of rotatable bonds is 11. The smallest absolute Gasteiger partial charge is 0.414 e. The van der Waals surface area contributed by atoms with E-state index in [0.717, 1.165) is 23.2 Å². The molecule has 4 atom stereocenters. The van der Waals surface area contributed by atoms with Crippen molar-refractivity contribution in [3.05, 3.63) is 65.7 Å². The molecule has 2 saturated heterocycles. The van der Waals surface area contributed by atoms with Crippen LogP contribution in [-0.4, -0.2) is 68.9 Å². The SMILES string of the molecule is C[C@@H]1[C@@H]([Si](C)(C)F)[C@H](CC(=O)N(CCO)Cc2ccccc2)O[C@@H]1CCc1cccc(N2CCOC2=O)c1. The molecule has 4 rings (SSSR count). The van der Waals surface area contributed by atoms with Gasteiger partial charge in [0.05, 0.1) is 31.8 Å². The van der Waals surface area contributed by atoms with Crippen LogP contribution in [0.3, 0.4) is 0 Å². The van der Waals surface area contributed by atoms with Crippen LogP contribution in [0.4, 0.5) is 14.6 Å². The van der Waals surface area contributed by atoms with Crippen molar-refractivity contribution in [3.8, 4) is 0 Å². The minimum absolute atomic E-state index is 0.0170. The Bertz CT molecular complexity index is 1100. The van der Waals surface area contributed by atoms with Crippen molar-refractivity contribution in [3.63, 3.8) is 0 Å². The predicted molar refractivity (Wildman–Crippen MR) is 147 cm³/mol. The zero-order valence-electron chi connectivity index (χ0n) is 22.5. The van der Waals surface area contributed by atoms with Crippen LogP contribution in [0.15, 0.2) is 54.6 Å². The Morgan fingerprint density at radius 1 is 1.13 bits per heavy atom. The average Bonchev–Trinajstić information content (AvgIpc) is 3.45. The molecule has 0 aliphatic carbocycles. The first-order valence-electron chi connectivity index (χ1n) is 13.5. The third-order valence-electron chi connectivity index (χ3n) is 7.71. The number of hydrogen-bond donors (Lipinski definition) is 1. The predicted octanol–water partition coefficient (Wildman–Crippen LogP) is 4.94. The van der Waals surface area contributed by atoms with Gasteiger partial charge in [0, 0.05) is 24.3 Å². The minimum Gasteiger partial charge on any atom is -0.447 e. The Hall–Kier alpha value is -2.75. The molecule has 0 unspecified atom stereocenters. The summed E-state index contributed by atoms with van der Waals surface area (Å²) in [5.74, 6) is -0.147. The van der Waals surface area contributed by atoms with Crippen LogP contribution in [-0.2, 0) is 27.2 Å². The molecule has 206 valence electrons. The first-order chi connectivity index (χ1) is 18.2. The Kier molecular flexibility index (Phi) is 9.22. The van der Waals surface area contributed by atoms with Crippen molar-refractivity contribution in [1.29, 1.82) is 0 Å². The van der Waals surface area contributed by atoms with Gasteiger partial charge in [0.15, 0.2) is 0 Å². The number of halogens is 1. The lowest BCUT2D eigenvalue weighted by Crippen LogP contribution is -2.40. The van der Waals surface area contributed by atoms with Gasteiger partial charge in [-0.2, -0.15) is 0 Å². The summed E-state index contributed by atoms with van der Waals surface area (Å²) < 4.78 is 27.1. The molecule has 2 heterocycles. The van der Waals surface area contributed by atoms with Gasteiger partial charge in [-0.25, -0.2) is 4.79 Å². The molecule has 2 aliphatic heterocycles. The maximum Gasteiger partial charge on any atom is 0.414 e. The zero-order valence-corrected chi connectivity index (χ0v) is 23.5. The maximum absolute atomic E-state index is 15.6. The van der Waals surface area contributed by atoms with Crippen LogP contribution in [0.2, 0.25) is 18.6 Å². The van der Waals surface area contributed by atoms with Gasteiger partial charge in [-0.15, -0.1) is 0 Å². The number of hydrogen-bond acceptors (Lipinski definition) is 5. The summed E-state index contributed by atoms with van der Waals surface area (Å²) in [5, 5.41) is 9.56. The van der Waals surface area contributed by atoms with Gasteiger partial charge in [-0.3, -0.25) is 9.69 Å². The molecule has 2 aromatic carbocycles. The number of aryl methyl sites for hydroxylation is 1. The summed E-state index contributed by atoms with van der Waals surface area (Å²) in [6.45, 7) is 6.86. The Labute approximate surface area is 225 Å². The molecule has 2 amide bonds. The fourth-order valence-electron chi connectivity index (χ4n) is 5.91. The van der Waals surface area contributed by atoms with E-state index in [1.54, 1.807) is 22.9 Å². The average molecular weight is 543 g/mol. The number of anilines is 1. The van der Waals surface area contributed by atoms with E-state index in [0.29, 0.717) is 26.1 Å². The Balaban J connectivity index is 1.42. The van der Waals surface area contributed by atoms with Gasteiger partial charge in [-0.05, 0) is 55.1 Å². The van der Waals surface area contributed by atoms with E-state index in [4.69, 9.17) is 9.47 Å². The van der Waals surface area contributed by atoms with Crippen LogP contribution < -0.4 is 4.90 Å². The van der Waals surface area contributed by atoms with Crippen molar-refractivity contribution in [2.75, 3.05) is 31.2 Å². The first kappa shape index (κ1) is 28.3. The molecule has 2 aliphatic rings. The monoisotopic (exact) mass is 542 g/mol. The number of nitrogens with zero attached hydrogens (tertiary/aromatic N) is 2. The Morgan fingerprint density at radius 2 is 1.87 bits per heavy atom. The van der Waals surface area contributed by atoms with Gasteiger partial charge in [0.1, 0.15) is 6.61 Å². The summed E-state index contributed by atoms with van der Waals surface area (Å²) in [6, 6.07) is 17.5. The van der Waals surface area contributed by atoms with Crippen molar-refractivity contribution in [2.24, 2.45) is 5.92 Å². The van der Waals surface area contributed by atoms with E-state index < -0.39 is 14.5 Å². The summed E-state index contributed by atoms with van der Waals surface area (Å²) in [7, 11) is -3.13. The molecule has 7 nitrogen and oxygen atoms in total. The molecule has 2 fully saturated rings. The van der Waals surface area contributed by atoms with Gasteiger partial charge in [0.25, 0.3) is 0 Å². The second kappa shape index (κ2) is 12.4. The van der Waals surface area contributed by atoms with Crippen LogP contribution in [0, 0.1) is 5.92 Å². The highest BCUT2D eigenvalue weighted by molar-refractivity contribution is 6.72. The summed E-state index contributed by atoms with van der Waals surface area (Å²) in [4.78, 5) is 28.5. The number of carbonyl (C=O) groups is 2. The van der Waals surface area contributed by atoms with Crippen molar-refractivity contribution in [1.82, 2.24) is 4.90 Å². The lowest BCUT2D eigenvalue weighted by atomic mass is 9.95. The van der Waals surface area contributed by atoms with E-state index >= 15 is 4.11 Å². The van der Waals surface area contributed by atoms with Gasteiger partial charge in [-0.1, -0.05) is 49.4 Å². The molecule has 2 aromatic rings. The van der Waals surface area contributed by atoms with E-state index in [1.165, 1.54) is 0 Å². The number of amides is 2. The molecule has 1 N–H and O–H groups in total. The molecule has 0 aromatic heterocycles. The number of aliphatic hydroxyl groups is 1. The fraction of sp³-hybridized carbons (Fsp3) is 0.517. The van der Waals surface area contributed by atoms with E-state index in [2.05, 4.69) is 0 Å². The summed E-state index contributed by atoms with van der Waals surface area (Å²) in [6.07, 6.45) is 0.537. The maximum atomic E-state index is 15.6. The standard InChI is InChI=1S/C29H39FN2O5Si/c1-21-25(13-12-22-10-7-11-24(18-22)32-15-17-36-29(32)35)37-26(28(21)38(2,3)30)19-27(34)31(14-16-33)20-23-8-5-4-6-9-23/h4-11,18,21,25-26,28,33H,12-17,19-20H2,1-3H3/t21-,25+,26-,28+/m0/s1. The minimum atomic E-state index is -3.13. The lowest BCUT2D eigenvalue weighted by Gasteiger charge is -2.30. The van der Waals surface area contributed by atoms with Crippen LogP contribution >= 0.6 is 0 Å². The second-order valence-electron chi connectivity index (χ2n) is 10.9. The molecule has 0 spiro atoms. The number of benzene rings is 2. The highest BCUT2D eigenvalue weighted by Gasteiger charge is 2.51. The fourth-order valence-corrected chi connectivity index (χ4v) is 8.46. The normalized spacial score (nSPS) is 23.5. The number of cyclic esters (lactones) is 1. The van der Waals surface area contributed by atoms with Crippen molar-refractivity contribution < 1.29 is 28.3 Å². The Morgan fingerprint density at radius 3 is 2.53 bits per heavy atom. The first-order valence-corrected chi connectivity index (χ1v) is 16.4. The van der Waals surface area contributed by atoms with Crippen LogP contribution in [0.5, 0.6) is 0 Å². The van der Waals surface area contributed by atoms with Crippen molar-refractivity contribution >= 4 is 26.1 Å². The van der Waals surface area contributed by atoms with Gasteiger partial charge < -0.3 is 23.6 Å². The molecule has 9 heteroatoms. The summed E-state index contributed by atoms with van der Waals surface area (Å²) >= 11 is 0.